The van der Waals surface area contributed by atoms with E-state index in [-0.39, 0.29) is 6.29 Å². The Morgan fingerprint density at radius 2 is 2.17 bits per heavy atom. The lowest BCUT2D eigenvalue weighted by atomic mass is 10.2. The van der Waals surface area contributed by atoms with Gasteiger partial charge in [-0.15, -0.1) is 5.10 Å². The lowest BCUT2D eigenvalue weighted by molar-refractivity contribution is -0.169. The Kier molecular flexibility index (Phi) is 5.74. The first-order valence-electron chi connectivity index (χ1n) is 8.29. The van der Waals surface area contributed by atoms with Gasteiger partial charge in [0.25, 0.3) is 0 Å². The average Bonchev–Trinajstić information content (AvgIpc) is 3.08. The fourth-order valence-electron chi connectivity index (χ4n) is 2.55. The molecule has 2 aromatic rings. The van der Waals surface area contributed by atoms with Gasteiger partial charge in [0, 0.05) is 13.2 Å². The quantitative estimate of drug-likeness (QED) is 0.850. The van der Waals surface area contributed by atoms with Gasteiger partial charge < -0.3 is 14.8 Å². The van der Waals surface area contributed by atoms with E-state index in [2.05, 4.69) is 46.8 Å². The van der Waals surface area contributed by atoms with Crippen molar-refractivity contribution in [2.75, 3.05) is 13.2 Å². The monoisotopic (exact) mass is 316 g/mol. The highest BCUT2D eigenvalue weighted by Gasteiger charge is 2.14. The van der Waals surface area contributed by atoms with Crippen LogP contribution < -0.4 is 5.32 Å². The van der Waals surface area contributed by atoms with E-state index < -0.39 is 0 Å². The molecule has 6 heteroatoms. The molecular formula is C17H24N4O2. The van der Waals surface area contributed by atoms with E-state index in [4.69, 9.17) is 9.47 Å². The minimum Gasteiger partial charge on any atom is -0.353 e. The van der Waals surface area contributed by atoms with Crippen LogP contribution in [0.3, 0.4) is 0 Å². The summed E-state index contributed by atoms with van der Waals surface area (Å²) in [5.41, 5.74) is 3.07. The largest absolute Gasteiger partial charge is 0.353 e. The van der Waals surface area contributed by atoms with Crippen LogP contribution in [0.2, 0.25) is 0 Å². The molecule has 1 aliphatic rings. The average molecular weight is 316 g/mol. The van der Waals surface area contributed by atoms with Gasteiger partial charge in [-0.25, -0.2) is 4.68 Å². The molecule has 0 aliphatic carbocycles. The molecule has 0 spiro atoms. The maximum Gasteiger partial charge on any atom is 0.158 e. The van der Waals surface area contributed by atoms with Crippen molar-refractivity contribution in [2.45, 2.75) is 45.6 Å². The highest BCUT2D eigenvalue weighted by molar-refractivity contribution is 5.33. The summed E-state index contributed by atoms with van der Waals surface area (Å²) in [5.74, 6) is 0. The standard InChI is InChI=1S/C17H24N4O2/c1-2-18-11-14-6-8-16(9-7-14)21-12-15(19-20-21)13-23-17-5-3-4-10-22-17/h6-9,12,17-18H,2-5,10-11,13H2,1H3. The molecule has 3 rings (SSSR count). The molecule has 1 atom stereocenters. The predicted molar refractivity (Wildman–Crippen MR) is 87.1 cm³/mol. The number of nitrogens with one attached hydrogen (secondary N) is 1. The molecule has 23 heavy (non-hydrogen) atoms. The Labute approximate surface area is 136 Å². The van der Waals surface area contributed by atoms with Gasteiger partial charge in [0.1, 0.15) is 5.69 Å². The Morgan fingerprint density at radius 1 is 1.30 bits per heavy atom. The summed E-state index contributed by atoms with van der Waals surface area (Å²) in [7, 11) is 0. The van der Waals surface area contributed by atoms with Crippen molar-refractivity contribution in [3.8, 4) is 5.69 Å². The fraction of sp³-hybridized carbons (Fsp3) is 0.529. The first kappa shape index (κ1) is 16.1. The van der Waals surface area contributed by atoms with E-state index >= 15 is 0 Å². The highest BCUT2D eigenvalue weighted by atomic mass is 16.7. The zero-order valence-corrected chi connectivity index (χ0v) is 13.6. The molecule has 1 aliphatic heterocycles. The summed E-state index contributed by atoms with van der Waals surface area (Å²) in [5, 5.41) is 11.7. The summed E-state index contributed by atoms with van der Waals surface area (Å²) in [4.78, 5) is 0. The molecule has 0 saturated carbocycles. The van der Waals surface area contributed by atoms with E-state index in [0.29, 0.717) is 6.61 Å². The number of hydrogen-bond acceptors (Lipinski definition) is 5. The highest BCUT2D eigenvalue weighted by Crippen LogP contribution is 2.15. The van der Waals surface area contributed by atoms with Crippen molar-refractivity contribution in [1.29, 1.82) is 0 Å². The molecule has 1 fully saturated rings. The third-order valence-corrected chi connectivity index (χ3v) is 3.88. The van der Waals surface area contributed by atoms with Gasteiger partial charge in [0.15, 0.2) is 6.29 Å². The van der Waals surface area contributed by atoms with Crippen LogP contribution in [0.15, 0.2) is 30.5 Å². The minimum absolute atomic E-state index is 0.0979. The SMILES string of the molecule is CCNCc1ccc(-n2cc(COC3CCCCO3)nn2)cc1. The Bertz CT molecular complexity index is 591. The van der Waals surface area contributed by atoms with Crippen LogP contribution in [0.1, 0.15) is 37.4 Å². The first-order valence-corrected chi connectivity index (χ1v) is 8.29. The number of ether oxygens (including phenoxy) is 2. The van der Waals surface area contributed by atoms with E-state index in [1.165, 1.54) is 5.56 Å². The summed E-state index contributed by atoms with van der Waals surface area (Å²) in [6.07, 6.45) is 5.05. The molecule has 0 amide bonds. The van der Waals surface area contributed by atoms with Crippen molar-refractivity contribution in [2.24, 2.45) is 0 Å². The van der Waals surface area contributed by atoms with Crippen LogP contribution in [0, 0.1) is 0 Å². The van der Waals surface area contributed by atoms with Gasteiger partial charge in [-0.2, -0.15) is 0 Å². The van der Waals surface area contributed by atoms with E-state index in [0.717, 1.165) is 50.3 Å². The van der Waals surface area contributed by atoms with Crippen LogP contribution in [-0.4, -0.2) is 34.4 Å². The zero-order valence-electron chi connectivity index (χ0n) is 13.6. The molecule has 1 unspecified atom stereocenters. The minimum atomic E-state index is -0.0979. The number of rotatable bonds is 7. The van der Waals surface area contributed by atoms with E-state index in [1.54, 1.807) is 4.68 Å². The molecule has 1 saturated heterocycles. The number of benzene rings is 1. The van der Waals surface area contributed by atoms with Gasteiger partial charge in [-0.05, 0) is 43.5 Å². The third kappa shape index (κ3) is 4.60. The van der Waals surface area contributed by atoms with Crippen molar-refractivity contribution in [3.63, 3.8) is 0 Å². The van der Waals surface area contributed by atoms with Crippen LogP contribution >= 0.6 is 0 Å². The molecule has 0 bridgehead atoms. The van der Waals surface area contributed by atoms with Crippen molar-refractivity contribution >= 4 is 0 Å². The molecule has 1 aromatic heterocycles. The van der Waals surface area contributed by atoms with Crippen molar-refractivity contribution in [1.82, 2.24) is 20.3 Å². The van der Waals surface area contributed by atoms with Crippen LogP contribution in [0.5, 0.6) is 0 Å². The molecule has 6 nitrogen and oxygen atoms in total. The first-order chi connectivity index (χ1) is 11.3. The second-order valence-electron chi connectivity index (χ2n) is 5.71. The van der Waals surface area contributed by atoms with Crippen LogP contribution in [-0.2, 0) is 22.6 Å². The fourth-order valence-corrected chi connectivity index (χ4v) is 2.55. The molecule has 1 aromatic carbocycles. The van der Waals surface area contributed by atoms with Gasteiger partial charge >= 0.3 is 0 Å². The lowest BCUT2D eigenvalue weighted by Crippen LogP contribution is -2.22. The normalized spacial score (nSPS) is 18.2. The predicted octanol–water partition coefficient (Wildman–Crippen LogP) is 2.42. The number of nitrogens with zero attached hydrogens (tertiary/aromatic N) is 3. The summed E-state index contributed by atoms with van der Waals surface area (Å²) < 4.78 is 13.1. The molecule has 0 radical (unpaired) electrons. The van der Waals surface area contributed by atoms with E-state index in [1.807, 2.05) is 6.20 Å². The van der Waals surface area contributed by atoms with Crippen molar-refractivity contribution < 1.29 is 9.47 Å². The summed E-state index contributed by atoms with van der Waals surface area (Å²) in [6, 6.07) is 8.31. The smallest absolute Gasteiger partial charge is 0.158 e. The topological polar surface area (TPSA) is 61.2 Å². The van der Waals surface area contributed by atoms with Gasteiger partial charge in [0.2, 0.25) is 0 Å². The van der Waals surface area contributed by atoms with Gasteiger partial charge in [0.05, 0.1) is 18.5 Å². The molecule has 2 heterocycles. The summed E-state index contributed by atoms with van der Waals surface area (Å²) in [6.45, 7) is 5.18. The van der Waals surface area contributed by atoms with Crippen LogP contribution in [0.4, 0.5) is 0 Å². The molecular weight excluding hydrogens is 292 g/mol. The van der Waals surface area contributed by atoms with Gasteiger partial charge in [-0.1, -0.05) is 24.3 Å². The number of hydrogen-bond donors (Lipinski definition) is 1. The molecule has 124 valence electrons. The summed E-state index contributed by atoms with van der Waals surface area (Å²) >= 11 is 0. The Balaban J connectivity index is 1.55. The second-order valence-corrected chi connectivity index (χ2v) is 5.71. The maximum absolute atomic E-state index is 5.74. The maximum atomic E-state index is 5.74. The molecule has 1 N–H and O–H groups in total. The van der Waals surface area contributed by atoms with Crippen LogP contribution in [0.25, 0.3) is 5.69 Å². The number of aromatic nitrogens is 3. The lowest BCUT2D eigenvalue weighted by Gasteiger charge is -2.22. The van der Waals surface area contributed by atoms with Gasteiger partial charge in [-0.3, -0.25) is 0 Å². The second kappa shape index (κ2) is 8.19. The Morgan fingerprint density at radius 3 is 2.91 bits per heavy atom. The van der Waals surface area contributed by atoms with E-state index in [9.17, 15) is 0 Å². The van der Waals surface area contributed by atoms with Crippen molar-refractivity contribution in [3.05, 3.63) is 41.7 Å². The zero-order chi connectivity index (χ0) is 15.9. The Hall–Kier alpha value is -1.76. The third-order valence-electron chi connectivity index (χ3n) is 3.88.